The van der Waals surface area contributed by atoms with E-state index in [0.717, 1.165) is 49.8 Å². The van der Waals surface area contributed by atoms with Gasteiger partial charge in [0.2, 0.25) is 5.95 Å². The molecule has 0 spiro atoms. The van der Waals surface area contributed by atoms with Crippen molar-refractivity contribution in [2.45, 2.75) is 51.3 Å². The first-order valence-electron chi connectivity index (χ1n) is 14.1. The van der Waals surface area contributed by atoms with E-state index in [2.05, 4.69) is 32.0 Å². The quantitative estimate of drug-likeness (QED) is 0.251. The third kappa shape index (κ3) is 6.22. The highest BCUT2D eigenvalue weighted by atomic mass is 35.5. The Morgan fingerprint density at radius 3 is 2.61 bits per heavy atom. The second-order valence-electron chi connectivity index (χ2n) is 11.7. The van der Waals surface area contributed by atoms with Crippen LogP contribution in [0.5, 0.6) is 0 Å². The van der Waals surface area contributed by atoms with E-state index in [1.807, 2.05) is 30.3 Å². The normalized spacial score (nSPS) is 25.8. The molecule has 1 heterocycles. The Morgan fingerprint density at radius 2 is 1.85 bits per heavy atom. The van der Waals surface area contributed by atoms with Crippen LogP contribution in [0.4, 0.5) is 16.6 Å². The minimum Gasteiger partial charge on any atom is -0.445 e. The summed E-state index contributed by atoms with van der Waals surface area (Å²) in [4.78, 5) is 21.6. The highest BCUT2D eigenvalue weighted by molar-refractivity contribution is 6.33. The van der Waals surface area contributed by atoms with Crippen molar-refractivity contribution in [3.8, 4) is 6.07 Å². The van der Waals surface area contributed by atoms with Crippen molar-refractivity contribution in [3.05, 3.63) is 81.5 Å². The standard InChI is InChI=1S/C31H32Cl2N6O2/c32-25-6-7-26(33)23(10-25)15-35-29-36-16-24(14-34)28(39-29)37-18-31-11-20-8-21(12-31)27(22(9-20)13-31)38-30(40)41-17-19-4-2-1-3-5-19/h1-7,10,16,20-22,27H,8-9,11-13,15,17-18H2,(H,38,40)(H2,35,36,37,39)/t20?,21-,22+,27-,31-. The summed E-state index contributed by atoms with van der Waals surface area (Å²) in [5, 5.41) is 20.8. The van der Waals surface area contributed by atoms with Crippen molar-refractivity contribution in [2.24, 2.45) is 23.2 Å². The number of hydrogen-bond donors (Lipinski definition) is 3. The van der Waals surface area contributed by atoms with Crippen LogP contribution < -0.4 is 16.0 Å². The van der Waals surface area contributed by atoms with E-state index in [9.17, 15) is 10.1 Å². The number of carbonyl (C=O) groups excluding carboxylic acids is 1. The summed E-state index contributed by atoms with van der Waals surface area (Å²) in [6.07, 6.45) is 6.70. The van der Waals surface area contributed by atoms with Gasteiger partial charge in [-0.05, 0) is 84.6 Å². The molecular weight excluding hydrogens is 559 g/mol. The smallest absolute Gasteiger partial charge is 0.407 e. The SMILES string of the molecule is N#Cc1cnc(NCc2cc(Cl)ccc2Cl)nc1NC[C@]12CC3C[C@H](C1)[C@@H](NC(=O)OCc1ccccc1)[C@@H](C3)C2. The lowest BCUT2D eigenvalue weighted by molar-refractivity contribution is -0.0683. The van der Waals surface area contributed by atoms with E-state index >= 15 is 0 Å². The molecule has 3 N–H and O–H groups in total. The third-order valence-electron chi connectivity index (χ3n) is 8.88. The Kier molecular flexibility index (Phi) is 7.92. The van der Waals surface area contributed by atoms with Crippen LogP contribution in [-0.2, 0) is 17.9 Å². The van der Waals surface area contributed by atoms with Gasteiger partial charge in [-0.1, -0.05) is 53.5 Å². The summed E-state index contributed by atoms with van der Waals surface area (Å²) >= 11 is 12.4. The minimum absolute atomic E-state index is 0.113. The molecule has 7 rings (SSSR count). The summed E-state index contributed by atoms with van der Waals surface area (Å²) in [5.74, 6) is 2.44. The number of alkyl carbamates (subject to hydrolysis) is 1. The lowest BCUT2D eigenvalue weighted by Crippen LogP contribution is -2.60. The second-order valence-corrected chi connectivity index (χ2v) is 12.6. The van der Waals surface area contributed by atoms with E-state index < -0.39 is 0 Å². The number of halogens is 2. The van der Waals surface area contributed by atoms with Crippen molar-refractivity contribution in [3.63, 3.8) is 0 Å². The van der Waals surface area contributed by atoms with Gasteiger partial charge < -0.3 is 20.7 Å². The molecule has 1 amide bonds. The number of nitrogens with zero attached hydrogens (tertiary/aromatic N) is 3. The number of ether oxygens (including phenoxy) is 1. The molecule has 5 atom stereocenters. The summed E-state index contributed by atoms with van der Waals surface area (Å²) in [6.45, 7) is 1.41. The van der Waals surface area contributed by atoms with E-state index in [1.165, 1.54) is 6.20 Å². The average Bonchev–Trinajstić information content (AvgIpc) is 2.97. The number of aromatic nitrogens is 2. The number of benzene rings is 2. The van der Waals surface area contributed by atoms with E-state index in [1.54, 1.807) is 18.2 Å². The second kappa shape index (κ2) is 11.8. The molecule has 1 unspecified atom stereocenters. The van der Waals surface area contributed by atoms with Crippen LogP contribution in [0.3, 0.4) is 0 Å². The molecule has 4 aliphatic carbocycles. The monoisotopic (exact) mass is 590 g/mol. The Balaban J connectivity index is 1.08. The number of carbonyl (C=O) groups is 1. The molecule has 0 saturated heterocycles. The van der Waals surface area contributed by atoms with E-state index in [-0.39, 0.29) is 24.2 Å². The average molecular weight is 592 g/mol. The first-order chi connectivity index (χ1) is 19.9. The van der Waals surface area contributed by atoms with Crippen LogP contribution in [0.15, 0.2) is 54.7 Å². The first-order valence-corrected chi connectivity index (χ1v) is 14.8. The number of anilines is 2. The van der Waals surface area contributed by atoms with Gasteiger partial charge in [0.15, 0.2) is 0 Å². The molecular formula is C31H32Cl2N6O2. The Hall–Kier alpha value is -3.54. The number of hydrogen-bond acceptors (Lipinski definition) is 7. The zero-order valence-electron chi connectivity index (χ0n) is 22.6. The lowest BCUT2D eigenvalue weighted by atomic mass is 9.48. The molecule has 1 aromatic heterocycles. The number of amides is 1. The Labute approximate surface area is 249 Å². The summed E-state index contributed by atoms with van der Waals surface area (Å²) < 4.78 is 5.53. The predicted octanol–water partition coefficient (Wildman–Crippen LogP) is 6.80. The summed E-state index contributed by atoms with van der Waals surface area (Å²) in [6, 6.07) is 17.4. The Bertz CT molecular complexity index is 1450. The van der Waals surface area contributed by atoms with E-state index in [0.29, 0.717) is 51.7 Å². The Morgan fingerprint density at radius 1 is 1.07 bits per heavy atom. The lowest BCUT2D eigenvalue weighted by Gasteiger charge is -2.60. The molecule has 212 valence electrons. The molecule has 4 fully saturated rings. The molecule has 0 radical (unpaired) electrons. The van der Waals surface area contributed by atoms with Crippen LogP contribution in [-0.4, -0.2) is 28.6 Å². The minimum atomic E-state index is -0.336. The number of rotatable bonds is 9. The topological polar surface area (TPSA) is 112 Å². The molecule has 4 aliphatic rings. The van der Waals surface area contributed by atoms with Gasteiger partial charge in [-0.15, -0.1) is 0 Å². The van der Waals surface area contributed by atoms with Crippen LogP contribution in [0.25, 0.3) is 0 Å². The molecule has 8 nitrogen and oxygen atoms in total. The maximum atomic E-state index is 12.7. The zero-order valence-corrected chi connectivity index (χ0v) is 24.1. The molecule has 3 aromatic rings. The maximum Gasteiger partial charge on any atom is 0.407 e. The van der Waals surface area contributed by atoms with Gasteiger partial charge >= 0.3 is 6.09 Å². The van der Waals surface area contributed by atoms with Gasteiger partial charge in [0, 0.05) is 29.2 Å². The van der Waals surface area contributed by atoms with Crippen molar-refractivity contribution in [2.75, 3.05) is 17.2 Å². The molecule has 0 aliphatic heterocycles. The van der Waals surface area contributed by atoms with Crippen molar-refractivity contribution in [1.82, 2.24) is 15.3 Å². The predicted molar refractivity (Wildman–Crippen MR) is 159 cm³/mol. The number of nitrogens with one attached hydrogen (secondary N) is 3. The van der Waals surface area contributed by atoms with Gasteiger partial charge in [-0.3, -0.25) is 0 Å². The summed E-state index contributed by atoms with van der Waals surface area (Å²) in [5.41, 5.74) is 2.33. The number of nitriles is 1. The fraction of sp³-hybridized carbons (Fsp3) is 0.419. The van der Waals surface area contributed by atoms with E-state index in [4.69, 9.17) is 27.9 Å². The summed E-state index contributed by atoms with van der Waals surface area (Å²) in [7, 11) is 0. The van der Waals surface area contributed by atoms with Gasteiger partial charge in [-0.2, -0.15) is 10.2 Å². The van der Waals surface area contributed by atoms with Gasteiger partial charge in [0.1, 0.15) is 24.1 Å². The highest BCUT2D eigenvalue weighted by Gasteiger charge is 2.55. The van der Waals surface area contributed by atoms with Gasteiger partial charge in [0.05, 0.1) is 6.20 Å². The first kappa shape index (κ1) is 27.6. The molecule has 4 bridgehead atoms. The zero-order chi connectivity index (χ0) is 28.4. The van der Waals surface area contributed by atoms with Crippen molar-refractivity contribution in [1.29, 1.82) is 5.26 Å². The highest BCUT2D eigenvalue weighted by Crippen LogP contribution is 2.60. The van der Waals surface area contributed by atoms with Crippen LogP contribution >= 0.6 is 23.2 Å². The molecule has 10 heteroatoms. The third-order valence-corrected chi connectivity index (χ3v) is 9.49. The molecule has 41 heavy (non-hydrogen) atoms. The van der Waals surface area contributed by atoms with Crippen molar-refractivity contribution < 1.29 is 9.53 Å². The van der Waals surface area contributed by atoms with Gasteiger partial charge in [0.25, 0.3) is 0 Å². The van der Waals surface area contributed by atoms with Crippen molar-refractivity contribution >= 4 is 41.1 Å². The fourth-order valence-corrected chi connectivity index (χ4v) is 7.73. The molecule has 4 saturated carbocycles. The fourth-order valence-electron chi connectivity index (χ4n) is 7.35. The molecule has 2 aromatic carbocycles. The van der Waals surface area contributed by atoms with Crippen LogP contribution in [0.2, 0.25) is 10.0 Å². The maximum absolute atomic E-state index is 12.7. The van der Waals surface area contributed by atoms with Gasteiger partial charge in [-0.25, -0.2) is 9.78 Å². The largest absolute Gasteiger partial charge is 0.445 e. The van der Waals surface area contributed by atoms with Crippen LogP contribution in [0.1, 0.15) is 48.8 Å². The van der Waals surface area contributed by atoms with Crippen LogP contribution in [0, 0.1) is 34.5 Å².